The molecule has 2 aromatic carbocycles. The fourth-order valence-corrected chi connectivity index (χ4v) is 3.95. The van der Waals surface area contributed by atoms with Gasteiger partial charge < -0.3 is 14.4 Å². The summed E-state index contributed by atoms with van der Waals surface area (Å²) in [6.07, 6.45) is 7.04. The van der Waals surface area contributed by atoms with Gasteiger partial charge in [0.1, 0.15) is 0 Å². The number of nitrogens with one attached hydrogen (secondary N) is 1. The SMILES string of the molecule is O=C(NCC(c1ccccc1)n1ccnc1)c1noc2c1CCc1ccccc1-2. The van der Waals surface area contributed by atoms with E-state index in [1.54, 1.807) is 12.5 Å². The maximum Gasteiger partial charge on any atom is 0.273 e. The van der Waals surface area contributed by atoms with Gasteiger partial charge in [-0.3, -0.25) is 4.79 Å². The van der Waals surface area contributed by atoms with Gasteiger partial charge in [-0.05, 0) is 24.0 Å². The first-order chi connectivity index (χ1) is 14.3. The number of nitrogens with zero attached hydrogens (tertiary/aromatic N) is 3. The number of aromatic nitrogens is 3. The highest BCUT2D eigenvalue weighted by Gasteiger charge is 2.27. The Kier molecular flexibility index (Phi) is 4.44. The molecular weight excluding hydrogens is 364 g/mol. The highest BCUT2D eigenvalue weighted by atomic mass is 16.5. The topological polar surface area (TPSA) is 73.0 Å². The molecule has 2 aromatic heterocycles. The largest absolute Gasteiger partial charge is 0.355 e. The van der Waals surface area contributed by atoms with Crippen molar-refractivity contribution >= 4 is 5.91 Å². The minimum Gasteiger partial charge on any atom is -0.355 e. The standard InChI is InChI=1S/C23H20N4O2/c28-23(21-19-11-10-16-6-4-5-9-18(16)22(19)29-26-21)25-14-20(27-13-12-24-15-27)17-7-2-1-3-8-17/h1-9,12-13,15,20H,10-11,14H2,(H,25,28). The third kappa shape index (κ3) is 3.23. The zero-order valence-electron chi connectivity index (χ0n) is 15.8. The average Bonchev–Trinajstić information content (AvgIpc) is 3.45. The van der Waals surface area contributed by atoms with Crippen molar-refractivity contribution in [2.45, 2.75) is 18.9 Å². The lowest BCUT2D eigenvalue weighted by Crippen LogP contribution is -2.32. The second kappa shape index (κ2) is 7.39. The molecule has 0 saturated heterocycles. The Morgan fingerprint density at radius 3 is 2.76 bits per heavy atom. The number of imidazole rings is 1. The first kappa shape index (κ1) is 17.4. The van der Waals surface area contributed by atoms with Crippen molar-refractivity contribution in [3.05, 3.63) is 95.7 Å². The van der Waals surface area contributed by atoms with Crippen LogP contribution < -0.4 is 5.32 Å². The highest BCUT2D eigenvalue weighted by Crippen LogP contribution is 2.35. The number of hydrogen-bond donors (Lipinski definition) is 1. The van der Waals surface area contributed by atoms with Gasteiger partial charge in [0.25, 0.3) is 5.91 Å². The normalized spacial score (nSPS) is 13.4. The van der Waals surface area contributed by atoms with Crippen molar-refractivity contribution in [3.63, 3.8) is 0 Å². The smallest absolute Gasteiger partial charge is 0.273 e. The van der Waals surface area contributed by atoms with Crippen LogP contribution in [0.2, 0.25) is 0 Å². The summed E-state index contributed by atoms with van der Waals surface area (Å²) in [6.45, 7) is 0.428. The minimum atomic E-state index is -0.213. The number of hydrogen-bond acceptors (Lipinski definition) is 4. The van der Waals surface area contributed by atoms with E-state index >= 15 is 0 Å². The maximum absolute atomic E-state index is 12.9. The first-order valence-corrected chi connectivity index (χ1v) is 9.68. The molecule has 6 nitrogen and oxygen atoms in total. The van der Waals surface area contributed by atoms with Gasteiger partial charge in [-0.1, -0.05) is 59.8 Å². The van der Waals surface area contributed by atoms with E-state index in [-0.39, 0.29) is 11.9 Å². The van der Waals surface area contributed by atoms with Crippen LogP contribution in [0.3, 0.4) is 0 Å². The van der Waals surface area contributed by atoms with Crippen LogP contribution in [0.5, 0.6) is 0 Å². The molecular formula is C23H20N4O2. The molecule has 144 valence electrons. The number of carbonyl (C=O) groups excluding carboxylic acids is 1. The lowest BCUT2D eigenvalue weighted by Gasteiger charge is -2.19. The number of benzene rings is 2. The van der Waals surface area contributed by atoms with Crippen LogP contribution in [-0.2, 0) is 12.8 Å². The molecule has 1 unspecified atom stereocenters. The van der Waals surface area contributed by atoms with Gasteiger partial charge in [-0.25, -0.2) is 4.98 Å². The Bertz CT molecular complexity index is 1130. The van der Waals surface area contributed by atoms with Gasteiger partial charge >= 0.3 is 0 Å². The fraction of sp³-hybridized carbons (Fsp3) is 0.174. The molecule has 5 rings (SSSR count). The zero-order chi connectivity index (χ0) is 19.6. The number of amides is 1. The summed E-state index contributed by atoms with van der Waals surface area (Å²) in [6, 6.07) is 18.1. The molecule has 1 N–H and O–H groups in total. The van der Waals surface area contributed by atoms with Crippen LogP contribution in [0.1, 0.15) is 33.2 Å². The van der Waals surface area contributed by atoms with Crippen molar-refractivity contribution in [1.82, 2.24) is 20.0 Å². The summed E-state index contributed by atoms with van der Waals surface area (Å²) in [4.78, 5) is 17.1. The zero-order valence-corrected chi connectivity index (χ0v) is 15.8. The molecule has 6 heteroatoms. The summed E-state index contributed by atoms with van der Waals surface area (Å²) in [5.74, 6) is 0.502. The molecule has 1 atom stereocenters. The summed E-state index contributed by atoms with van der Waals surface area (Å²) in [5, 5.41) is 7.14. The molecule has 0 radical (unpaired) electrons. The van der Waals surface area contributed by atoms with Crippen LogP contribution in [0, 0.1) is 0 Å². The average molecular weight is 384 g/mol. The van der Waals surface area contributed by atoms with E-state index in [4.69, 9.17) is 4.52 Å². The fourth-order valence-electron chi connectivity index (χ4n) is 3.95. The Labute approximate surface area is 168 Å². The highest BCUT2D eigenvalue weighted by molar-refractivity contribution is 5.95. The lowest BCUT2D eigenvalue weighted by atomic mass is 9.89. The molecule has 0 fully saturated rings. The van der Waals surface area contributed by atoms with Gasteiger partial charge in [0.05, 0.1) is 12.4 Å². The van der Waals surface area contributed by atoms with E-state index < -0.39 is 0 Å². The van der Waals surface area contributed by atoms with E-state index in [0.717, 1.165) is 29.5 Å². The van der Waals surface area contributed by atoms with Gasteiger partial charge in [0.2, 0.25) is 0 Å². The molecule has 4 aromatic rings. The van der Waals surface area contributed by atoms with Crippen molar-refractivity contribution in [2.75, 3.05) is 6.54 Å². The predicted molar refractivity (Wildman–Crippen MR) is 108 cm³/mol. The molecule has 1 aliphatic rings. The number of rotatable bonds is 5. The molecule has 2 heterocycles. The molecule has 0 saturated carbocycles. The number of carbonyl (C=O) groups is 1. The molecule has 29 heavy (non-hydrogen) atoms. The van der Waals surface area contributed by atoms with Gasteiger partial charge in [0, 0.05) is 30.1 Å². The van der Waals surface area contributed by atoms with E-state index in [1.807, 2.05) is 59.3 Å². The maximum atomic E-state index is 12.9. The monoisotopic (exact) mass is 384 g/mol. The quantitative estimate of drug-likeness (QED) is 0.570. The van der Waals surface area contributed by atoms with Crippen LogP contribution in [0.15, 0.2) is 77.8 Å². The van der Waals surface area contributed by atoms with Crippen LogP contribution in [-0.4, -0.2) is 27.2 Å². The van der Waals surface area contributed by atoms with Crippen LogP contribution in [0.25, 0.3) is 11.3 Å². The van der Waals surface area contributed by atoms with Gasteiger partial charge in [-0.2, -0.15) is 0 Å². The number of aryl methyl sites for hydroxylation is 1. The Morgan fingerprint density at radius 2 is 1.93 bits per heavy atom. The van der Waals surface area contributed by atoms with Crippen molar-refractivity contribution in [2.24, 2.45) is 0 Å². The predicted octanol–water partition coefficient (Wildman–Crippen LogP) is 3.66. The van der Waals surface area contributed by atoms with E-state index in [9.17, 15) is 4.79 Å². The molecule has 1 amide bonds. The summed E-state index contributed by atoms with van der Waals surface area (Å²) >= 11 is 0. The minimum absolute atomic E-state index is 0.0499. The van der Waals surface area contributed by atoms with Crippen molar-refractivity contribution in [3.8, 4) is 11.3 Å². The second-order valence-corrected chi connectivity index (χ2v) is 7.14. The van der Waals surface area contributed by atoms with E-state index in [2.05, 4.69) is 21.5 Å². The van der Waals surface area contributed by atoms with Gasteiger partial charge in [0.15, 0.2) is 11.5 Å². The molecule has 0 bridgehead atoms. The Morgan fingerprint density at radius 1 is 1.10 bits per heavy atom. The number of fused-ring (bicyclic) bond motifs is 3. The Hall–Kier alpha value is -3.67. The molecule has 0 spiro atoms. The van der Waals surface area contributed by atoms with Gasteiger partial charge in [-0.15, -0.1) is 0 Å². The van der Waals surface area contributed by atoms with Crippen molar-refractivity contribution in [1.29, 1.82) is 0 Å². The summed E-state index contributed by atoms with van der Waals surface area (Å²) in [5.41, 5.74) is 4.63. The second-order valence-electron chi connectivity index (χ2n) is 7.14. The third-order valence-corrected chi connectivity index (χ3v) is 5.43. The third-order valence-electron chi connectivity index (χ3n) is 5.43. The molecule has 0 aliphatic heterocycles. The van der Waals surface area contributed by atoms with E-state index in [0.29, 0.717) is 18.0 Å². The Balaban J connectivity index is 1.38. The van der Waals surface area contributed by atoms with Crippen molar-refractivity contribution < 1.29 is 9.32 Å². The van der Waals surface area contributed by atoms with Crippen LogP contribution >= 0.6 is 0 Å². The summed E-state index contributed by atoms with van der Waals surface area (Å²) in [7, 11) is 0. The van der Waals surface area contributed by atoms with E-state index in [1.165, 1.54) is 5.56 Å². The van der Waals surface area contributed by atoms with Crippen LogP contribution in [0.4, 0.5) is 0 Å². The summed E-state index contributed by atoms with van der Waals surface area (Å²) < 4.78 is 7.56. The first-order valence-electron chi connectivity index (χ1n) is 9.68. The lowest BCUT2D eigenvalue weighted by molar-refractivity contribution is 0.0940. The molecule has 1 aliphatic carbocycles.